The number of aliphatic hydroxyl groups excluding tert-OH is 3. The van der Waals surface area contributed by atoms with E-state index < -0.39 is 18.3 Å². The molecule has 5 nitrogen and oxygen atoms in total. The van der Waals surface area contributed by atoms with Crippen LogP contribution in [0.2, 0.25) is 0 Å². The molecule has 0 spiro atoms. The third-order valence-electron chi connectivity index (χ3n) is 0.979. The van der Waals surface area contributed by atoms with E-state index in [-0.39, 0.29) is 12.6 Å². The van der Waals surface area contributed by atoms with Crippen LogP contribution >= 0.6 is 0 Å². The van der Waals surface area contributed by atoms with Crippen molar-refractivity contribution in [2.24, 2.45) is 0 Å². The Kier molecular flexibility index (Phi) is 3.78. The molecule has 0 heterocycles. The second kappa shape index (κ2) is 4.10. The Bertz CT molecular complexity index is 109. The van der Waals surface area contributed by atoms with Crippen LogP contribution in [0.5, 0.6) is 0 Å². The number of carbonyl (C=O) groups is 2. The van der Waals surface area contributed by atoms with Crippen LogP contribution in [-0.4, -0.2) is 46.2 Å². The lowest BCUT2D eigenvalue weighted by molar-refractivity contribution is -0.133. The number of aldehydes is 2. The summed E-state index contributed by atoms with van der Waals surface area (Å²) in [5, 5.41) is 25.6. The number of hydrogen-bond acceptors (Lipinski definition) is 5. The molecule has 0 saturated heterocycles. The van der Waals surface area contributed by atoms with E-state index in [9.17, 15) is 9.59 Å². The highest BCUT2D eigenvalue weighted by molar-refractivity contribution is 5.62. The van der Waals surface area contributed by atoms with Gasteiger partial charge in [-0.25, -0.2) is 0 Å². The van der Waals surface area contributed by atoms with Gasteiger partial charge in [-0.15, -0.1) is 0 Å². The quantitative estimate of drug-likeness (QED) is 0.382. The van der Waals surface area contributed by atoms with Gasteiger partial charge in [-0.05, 0) is 0 Å². The van der Waals surface area contributed by atoms with E-state index in [0.29, 0.717) is 0 Å². The summed E-state index contributed by atoms with van der Waals surface area (Å²) < 4.78 is 0. The van der Waals surface area contributed by atoms with Crippen molar-refractivity contribution in [1.29, 1.82) is 0 Å². The van der Waals surface area contributed by atoms with E-state index in [0.717, 1.165) is 0 Å². The Morgan fingerprint density at radius 3 is 1.40 bits per heavy atom. The number of rotatable bonds is 4. The first kappa shape index (κ1) is 9.22. The molecule has 0 amide bonds. The van der Waals surface area contributed by atoms with E-state index in [2.05, 4.69) is 0 Å². The lowest BCUT2D eigenvalue weighted by Crippen LogP contribution is -2.39. The Balaban J connectivity index is 3.91. The van der Waals surface area contributed by atoms with Gasteiger partial charge < -0.3 is 24.9 Å². The molecule has 0 bridgehead atoms. The van der Waals surface area contributed by atoms with Crippen LogP contribution in [0.25, 0.3) is 0 Å². The van der Waals surface area contributed by atoms with Crippen molar-refractivity contribution in [2.45, 2.75) is 18.3 Å². The summed E-state index contributed by atoms with van der Waals surface area (Å²) in [6.07, 6.45) is -5.06. The summed E-state index contributed by atoms with van der Waals surface area (Å²) in [5.74, 6) is 0. The summed E-state index contributed by atoms with van der Waals surface area (Å²) in [6, 6.07) is 0. The molecule has 3 N–H and O–H groups in total. The maximum absolute atomic E-state index is 9.73. The molecular formula is C5H8O5. The molecular weight excluding hydrogens is 140 g/mol. The summed E-state index contributed by atoms with van der Waals surface area (Å²) in [5.41, 5.74) is 0. The average molecular weight is 148 g/mol. The van der Waals surface area contributed by atoms with Gasteiger partial charge in [0, 0.05) is 0 Å². The minimum atomic E-state index is -1.73. The van der Waals surface area contributed by atoms with Crippen LogP contribution < -0.4 is 0 Å². The lowest BCUT2D eigenvalue weighted by atomic mass is 10.1. The molecule has 58 valence electrons. The van der Waals surface area contributed by atoms with Crippen molar-refractivity contribution in [2.75, 3.05) is 0 Å². The summed E-state index contributed by atoms with van der Waals surface area (Å²) in [6.45, 7) is 0. The standard InChI is InChI=1S/C5H8O5/c6-1-3(8)5(10)4(9)2-7/h1-5,8-10H/t3-,4-/m1/s1. The monoisotopic (exact) mass is 148 g/mol. The molecule has 10 heavy (non-hydrogen) atoms. The van der Waals surface area contributed by atoms with Gasteiger partial charge in [0.15, 0.2) is 12.6 Å². The fourth-order valence-corrected chi connectivity index (χ4v) is 0.363. The number of aliphatic hydroxyl groups is 3. The zero-order chi connectivity index (χ0) is 8.15. The molecule has 0 rings (SSSR count). The smallest absolute Gasteiger partial charge is 0.151 e. The van der Waals surface area contributed by atoms with Crippen LogP contribution in [0.15, 0.2) is 0 Å². The Morgan fingerprint density at radius 2 is 1.20 bits per heavy atom. The Hall–Kier alpha value is -0.780. The van der Waals surface area contributed by atoms with Crippen LogP contribution in [-0.2, 0) is 9.59 Å². The molecule has 2 atom stereocenters. The molecule has 0 aromatic heterocycles. The molecule has 0 aliphatic carbocycles. The maximum Gasteiger partial charge on any atom is 0.151 e. The second-order valence-electron chi connectivity index (χ2n) is 1.74. The van der Waals surface area contributed by atoms with Crippen molar-refractivity contribution in [3.8, 4) is 0 Å². The van der Waals surface area contributed by atoms with Gasteiger partial charge in [-0.3, -0.25) is 0 Å². The Labute approximate surface area is 56.9 Å². The van der Waals surface area contributed by atoms with Crippen LogP contribution in [0.1, 0.15) is 0 Å². The molecule has 5 heteroatoms. The highest BCUT2D eigenvalue weighted by Crippen LogP contribution is 1.94. The minimum Gasteiger partial charge on any atom is -0.387 e. The summed E-state index contributed by atoms with van der Waals surface area (Å²) in [7, 11) is 0. The Morgan fingerprint density at radius 1 is 0.900 bits per heavy atom. The second-order valence-corrected chi connectivity index (χ2v) is 1.74. The van der Waals surface area contributed by atoms with Crippen molar-refractivity contribution < 1.29 is 24.9 Å². The molecule has 0 aliphatic rings. The lowest BCUT2D eigenvalue weighted by Gasteiger charge is -2.13. The van der Waals surface area contributed by atoms with Crippen LogP contribution in [0, 0.1) is 0 Å². The predicted octanol–water partition coefficient (Wildman–Crippen LogP) is -2.53. The fourth-order valence-electron chi connectivity index (χ4n) is 0.363. The predicted molar refractivity (Wildman–Crippen MR) is 30.1 cm³/mol. The number of carbonyl (C=O) groups excluding carboxylic acids is 2. The topological polar surface area (TPSA) is 94.8 Å². The van der Waals surface area contributed by atoms with Crippen LogP contribution in [0.3, 0.4) is 0 Å². The fraction of sp³-hybridized carbons (Fsp3) is 0.600. The number of hydrogen-bond donors (Lipinski definition) is 3. The molecule has 0 aliphatic heterocycles. The van der Waals surface area contributed by atoms with E-state index in [1.807, 2.05) is 0 Å². The van der Waals surface area contributed by atoms with Gasteiger partial charge in [0.25, 0.3) is 0 Å². The first-order valence-electron chi connectivity index (χ1n) is 2.58. The van der Waals surface area contributed by atoms with E-state index in [1.54, 1.807) is 0 Å². The van der Waals surface area contributed by atoms with E-state index in [1.165, 1.54) is 0 Å². The van der Waals surface area contributed by atoms with Crippen LogP contribution in [0.4, 0.5) is 0 Å². The van der Waals surface area contributed by atoms with Gasteiger partial charge in [-0.1, -0.05) is 0 Å². The minimum absolute atomic E-state index is 0.0391. The molecule has 0 unspecified atom stereocenters. The highest BCUT2D eigenvalue weighted by Gasteiger charge is 2.22. The highest BCUT2D eigenvalue weighted by atomic mass is 16.4. The first-order chi connectivity index (χ1) is 4.63. The molecule has 0 aromatic rings. The third kappa shape index (κ3) is 2.22. The normalized spacial score (nSPS) is 16.4. The average Bonchev–Trinajstić information content (AvgIpc) is 2.00. The SMILES string of the molecule is O=C[C@@H](O)C(O)[C@H](O)C=O. The molecule has 0 radical (unpaired) electrons. The summed E-state index contributed by atoms with van der Waals surface area (Å²) in [4.78, 5) is 19.5. The van der Waals surface area contributed by atoms with Crippen molar-refractivity contribution in [3.05, 3.63) is 0 Å². The van der Waals surface area contributed by atoms with Gasteiger partial charge in [0.1, 0.15) is 18.3 Å². The largest absolute Gasteiger partial charge is 0.387 e. The molecule has 0 fully saturated rings. The molecule has 0 saturated carbocycles. The zero-order valence-electron chi connectivity index (χ0n) is 5.04. The van der Waals surface area contributed by atoms with Gasteiger partial charge in [0.05, 0.1) is 0 Å². The molecule has 0 aromatic carbocycles. The van der Waals surface area contributed by atoms with E-state index >= 15 is 0 Å². The van der Waals surface area contributed by atoms with Gasteiger partial charge in [-0.2, -0.15) is 0 Å². The summed E-state index contributed by atoms with van der Waals surface area (Å²) >= 11 is 0. The van der Waals surface area contributed by atoms with Crippen molar-refractivity contribution in [1.82, 2.24) is 0 Å². The third-order valence-corrected chi connectivity index (χ3v) is 0.979. The van der Waals surface area contributed by atoms with Crippen molar-refractivity contribution in [3.63, 3.8) is 0 Å². The zero-order valence-corrected chi connectivity index (χ0v) is 5.04. The van der Waals surface area contributed by atoms with E-state index in [4.69, 9.17) is 15.3 Å². The van der Waals surface area contributed by atoms with Gasteiger partial charge in [0.2, 0.25) is 0 Å². The van der Waals surface area contributed by atoms with Gasteiger partial charge >= 0.3 is 0 Å². The van der Waals surface area contributed by atoms with Crippen molar-refractivity contribution >= 4 is 12.6 Å². The maximum atomic E-state index is 9.73. The first-order valence-corrected chi connectivity index (χ1v) is 2.58.